The summed E-state index contributed by atoms with van der Waals surface area (Å²) in [5.74, 6) is 0.122. The van der Waals surface area contributed by atoms with E-state index in [1.54, 1.807) is 0 Å². The highest BCUT2D eigenvalue weighted by Gasteiger charge is 2.32. The molecule has 19 heavy (non-hydrogen) atoms. The quantitative estimate of drug-likeness (QED) is 0.886. The molecule has 1 heterocycles. The van der Waals surface area contributed by atoms with Crippen molar-refractivity contribution in [2.24, 2.45) is 0 Å². The van der Waals surface area contributed by atoms with Crippen LogP contribution in [0.3, 0.4) is 0 Å². The first-order valence-corrected chi connectivity index (χ1v) is 7.38. The van der Waals surface area contributed by atoms with Gasteiger partial charge in [0.25, 0.3) is 0 Å². The summed E-state index contributed by atoms with van der Waals surface area (Å²) in [6.45, 7) is 3.72. The monoisotopic (exact) mass is 325 g/mol. The molecule has 5 heteroatoms. The number of halogens is 1. The summed E-state index contributed by atoms with van der Waals surface area (Å²) < 4.78 is 1.05. The molecule has 1 aromatic carbocycles. The van der Waals surface area contributed by atoms with Crippen LogP contribution in [0.2, 0.25) is 0 Å². The van der Waals surface area contributed by atoms with Gasteiger partial charge in [-0.3, -0.25) is 4.79 Å². The minimum atomic E-state index is -0.0928. The Kier molecular flexibility index (Phi) is 4.82. The smallest absolute Gasteiger partial charge is 0.243 e. The lowest BCUT2D eigenvalue weighted by Gasteiger charge is -2.40. The zero-order valence-electron chi connectivity index (χ0n) is 11.3. The van der Waals surface area contributed by atoms with Gasteiger partial charge in [0.2, 0.25) is 5.91 Å². The zero-order valence-corrected chi connectivity index (χ0v) is 12.9. The van der Waals surface area contributed by atoms with E-state index < -0.39 is 0 Å². The molecule has 0 radical (unpaired) electrons. The fourth-order valence-electron chi connectivity index (χ4n) is 2.43. The Hall–Kier alpha value is -1.07. The number of hydrogen-bond donors (Lipinski definition) is 2. The molecule has 0 aliphatic carbocycles. The highest BCUT2D eigenvalue weighted by molar-refractivity contribution is 9.10. The van der Waals surface area contributed by atoms with Crippen LogP contribution in [0.4, 0.5) is 5.69 Å². The largest absolute Gasteiger partial charge is 0.357 e. The number of carbonyl (C=O) groups is 1. The molecule has 0 aromatic heterocycles. The van der Waals surface area contributed by atoms with Crippen molar-refractivity contribution in [3.63, 3.8) is 0 Å². The molecule has 1 aliphatic rings. The lowest BCUT2D eigenvalue weighted by molar-refractivity contribution is -0.124. The molecular weight excluding hydrogens is 306 g/mol. The Bertz CT molecular complexity index is 435. The van der Waals surface area contributed by atoms with Gasteiger partial charge in [0.1, 0.15) is 6.04 Å². The highest BCUT2D eigenvalue weighted by atomic mass is 79.9. The van der Waals surface area contributed by atoms with Crippen LogP contribution < -0.4 is 15.5 Å². The second kappa shape index (κ2) is 6.39. The molecule has 0 bridgehead atoms. The van der Waals surface area contributed by atoms with Crippen molar-refractivity contribution in [1.82, 2.24) is 10.6 Å². The molecule has 2 atom stereocenters. The van der Waals surface area contributed by atoms with Gasteiger partial charge in [-0.05, 0) is 51.2 Å². The summed E-state index contributed by atoms with van der Waals surface area (Å²) >= 11 is 3.44. The number of piperazine rings is 1. The molecule has 0 saturated carbocycles. The number of amides is 1. The van der Waals surface area contributed by atoms with Crippen LogP contribution >= 0.6 is 15.9 Å². The third-order valence-electron chi connectivity index (χ3n) is 3.36. The summed E-state index contributed by atoms with van der Waals surface area (Å²) in [6, 6.07) is 8.24. The molecule has 1 amide bonds. The maximum atomic E-state index is 12.2. The Balaban J connectivity index is 2.21. The number of benzene rings is 1. The van der Waals surface area contributed by atoms with Crippen molar-refractivity contribution in [3.8, 4) is 0 Å². The van der Waals surface area contributed by atoms with E-state index >= 15 is 0 Å². The number of nitrogens with zero attached hydrogens (tertiary/aromatic N) is 1. The number of hydrogen-bond acceptors (Lipinski definition) is 3. The summed E-state index contributed by atoms with van der Waals surface area (Å²) in [7, 11) is 1.91. The van der Waals surface area contributed by atoms with Gasteiger partial charge in [0.15, 0.2) is 0 Å². The Morgan fingerprint density at radius 1 is 1.42 bits per heavy atom. The second-order valence-electron chi connectivity index (χ2n) is 4.95. The minimum Gasteiger partial charge on any atom is -0.357 e. The van der Waals surface area contributed by atoms with E-state index in [2.05, 4.69) is 43.6 Å². The van der Waals surface area contributed by atoms with Crippen LogP contribution in [0.25, 0.3) is 0 Å². The fraction of sp³-hybridized carbons (Fsp3) is 0.500. The predicted molar refractivity (Wildman–Crippen MR) is 81.4 cm³/mol. The molecule has 0 spiro atoms. The fourth-order valence-corrected chi connectivity index (χ4v) is 2.70. The van der Waals surface area contributed by atoms with Crippen LogP contribution in [0.15, 0.2) is 28.7 Å². The SMILES string of the molecule is CNCCC1C(=O)NC(C)CN1c1ccc(Br)cc1. The van der Waals surface area contributed by atoms with Crippen LogP contribution in [-0.2, 0) is 4.79 Å². The maximum Gasteiger partial charge on any atom is 0.243 e. The predicted octanol–water partition coefficient (Wildman–Crippen LogP) is 1.75. The van der Waals surface area contributed by atoms with Crippen LogP contribution in [0.5, 0.6) is 0 Å². The van der Waals surface area contributed by atoms with Crippen molar-refractivity contribution in [3.05, 3.63) is 28.7 Å². The summed E-state index contributed by atoms with van der Waals surface area (Å²) in [4.78, 5) is 14.4. The number of rotatable bonds is 4. The van der Waals surface area contributed by atoms with E-state index in [0.29, 0.717) is 0 Å². The molecule has 4 nitrogen and oxygen atoms in total. The van der Waals surface area contributed by atoms with Gasteiger partial charge >= 0.3 is 0 Å². The van der Waals surface area contributed by atoms with Gasteiger partial charge in [0, 0.05) is 22.7 Å². The molecule has 1 saturated heterocycles. The van der Waals surface area contributed by atoms with E-state index in [-0.39, 0.29) is 18.0 Å². The zero-order chi connectivity index (χ0) is 13.8. The molecular formula is C14H20BrN3O. The van der Waals surface area contributed by atoms with Crippen molar-refractivity contribution < 1.29 is 4.79 Å². The van der Waals surface area contributed by atoms with E-state index in [0.717, 1.165) is 29.7 Å². The number of carbonyl (C=O) groups excluding carboxylic acids is 1. The average molecular weight is 326 g/mol. The Labute approximate surface area is 122 Å². The van der Waals surface area contributed by atoms with Gasteiger partial charge in [0.05, 0.1) is 0 Å². The second-order valence-corrected chi connectivity index (χ2v) is 5.86. The molecule has 1 aromatic rings. The molecule has 1 fully saturated rings. The molecule has 2 rings (SSSR count). The molecule has 2 N–H and O–H groups in total. The highest BCUT2D eigenvalue weighted by Crippen LogP contribution is 2.24. The van der Waals surface area contributed by atoms with Crippen molar-refractivity contribution >= 4 is 27.5 Å². The van der Waals surface area contributed by atoms with Gasteiger partial charge in [-0.1, -0.05) is 15.9 Å². The van der Waals surface area contributed by atoms with Gasteiger partial charge in [-0.25, -0.2) is 0 Å². The van der Waals surface area contributed by atoms with E-state index in [4.69, 9.17) is 0 Å². The van der Waals surface area contributed by atoms with Gasteiger partial charge in [-0.2, -0.15) is 0 Å². The first-order chi connectivity index (χ1) is 9.11. The number of nitrogens with one attached hydrogen (secondary N) is 2. The minimum absolute atomic E-state index is 0.0928. The van der Waals surface area contributed by atoms with E-state index in [1.165, 1.54) is 0 Å². The molecule has 104 valence electrons. The van der Waals surface area contributed by atoms with Gasteiger partial charge in [-0.15, -0.1) is 0 Å². The normalized spacial score (nSPS) is 23.3. The summed E-state index contributed by atoms with van der Waals surface area (Å²) in [5.41, 5.74) is 1.10. The first-order valence-electron chi connectivity index (χ1n) is 6.59. The van der Waals surface area contributed by atoms with E-state index in [1.807, 2.05) is 26.1 Å². The third kappa shape index (κ3) is 3.48. The third-order valence-corrected chi connectivity index (χ3v) is 3.89. The Morgan fingerprint density at radius 2 is 2.11 bits per heavy atom. The molecule has 2 unspecified atom stereocenters. The van der Waals surface area contributed by atoms with Gasteiger partial charge < -0.3 is 15.5 Å². The Morgan fingerprint density at radius 3 is 2.74 bits per heavy atom. The van der Waals surface area contributed by atoms with Crippen LogP contribution in [0, 0.1) is 0 Å². The summed E-state index contributed by atoms with van der Waals surface area (Å²) in [5, 5.41) is 6.15. The van der Waals surface area contributed by atoms with Crippen molar-refractivity contribution in [1.29, 1.82) is 0 Å². The van der Waals surface area contributed by atoms with Crippen molar-refractivity contribution in [2.75, 3.05) is 25.0 Å². The average Bonchev–Trinajstić information content (AvgIpc) is 2.38. The lowest BCUT2D eigenvalue weighted by atomic mass is 10.0. The van der Waals surface area contributed by atoms with Crippen LogP contribution in [-0.4, -0.2) is 38.1 Å². The lowest BCUT2D eigenvalue weighted by Crippen LogP contribution is -2.59. The van der Waals surface area contributed by atoms with Crippen LogP contribution in [0.1, 0.15) is 13.3 Å². The van der Waals surface area contributed by atoms with Crippen molar-refractivity contribution in [2.45, 2.75) is 25.4 Å². The standard InChI is InChI=1S/C14H20BrN3O/c1-10-9-18(12-5-3-11(15)4-6-12)13(7-8-16-2)14(19)17-10/h3-6,10,13,16H,7-9H2,1-2H3,(H,17,19). The molecule has 1 aliphatic heterocycles. The topological polar surface area (TPSA) is 44.4 Å². The van der Waals surface area contributed by atoms with E-state index in [9.17, 15) is 4.79 Å². The summed E-state index contributed by atoms with van der Waals surface area (Å²) in [6.07, 6.45) is 0.811. The first kappa shape index (κ1) is 14.3. The number of anilines is 1. The maximum absolute atomic E-state index is 12.2.